The Hall–Kier alpha value is -2.77. The molecule has 7 nitrogen and oxygen atoms in total. The van der Waals surface area contributed by atoms with Gasteiger partial charge in [-0.25, -0.2) is 5.43 Å². The predicted molar refractivity (Wildman–Crippen MR) is 131 cm³/mol. The molecule has 3 heterocycles. The van der Waals surface area contributed by atoms with Crippen LogP contribution >= 0.6 is 12.4 Å². The molecule has 0 radical (unpaired) electrons. The van der Waals surface area contributed by atoms with Crippen LogP contribution in [0.5, 0.6) is 5.75 Å². The summed E-state index contributed by atoms with van der Waals surface area (Å²) in [5.41, 5.74) is 8.17. The number of benzene rings is 2. The minimum Gasteiger partial charge on any atom is -0.483 e. The highest BCUT2D eigenvalue weighted by Crippen LogP contribution is 2.45. The van der Waals surface area contributed by atoms with Crippen molar-refractivity contribution >= 4 is 35.5 Å². The topological polar surface area (TPSA) is 60.4 Å². The molecule has 1 atom stereocenters. The number of likely N-dealkylation sites (N-methyl/N-ethyl adjacent to an activating group) is 2. The third-order valence-corrected chi connectivity index (χ3v) is 6.79. The number of carbonyl (C=O) groups is 1. The van der Waals surface area contributed by atoms with Gasteiger partial charge in [0.15, 0.2) is 5.84 Å². The molecule has 0 spiro atoms. The molecule has 2 aromatic rings. The average Bonchev–Trinajstić information content (AvgIpc) is 2.74. The first-order valence-electron chi connectivity index (χ1n) is 10.7. The molecule has 0 aromatic heterocycles. The number of amides is 1. The van der Waals surface area contributed by atoms with E-state index < -0.39 is 0 Å². The molecule has 1 fully saturated rings. The van der Waals surface area contributed by atoms with E-state index in [1.165, 1.54) is 5.56 Å². The Morgan fingerprint density at radius 1 is 1.22 bits per heavy atom. The summed E-state index contributed by atoms with van der Waals surface area (Å²) in [5, 5.41) is 4.23. The molecule has 1 unspecified atom stereocenters. The van der Waals surface area contributed by atoms with E-state index in [4.69, 9.17) is 4.74 Å². The third-order valence-electron chi connectivity index (χ3n) is 6.79. The Balaban J connectivity index is 0.00000245. The first-order valence-corrected chi connectivity index (χ1v) is 10.7. The van der Waals surface area contributed by atoms with Crippen molar-refractivity contribution in [2.24, 2.45) is 5.10 Å². The third kappa shape index (κ3) is 3.49. The van der Waals surface area contributed by atoms with Crippen LogP contribution in [0.1, 0.15) is 19.4 Å². The van der Waals surface area contributed by atoms with E-state index in [9.17, 15) is 4.79 Å². The number of aryl methyl sites for hydroxylation is 1. The van der Waals surface area contributed by atoms with Gasteiger partial charge in [-0.2, -0.15) is 5.10 Å². The smallest absolute Gasteiger partial charge is 0.262 e. The summed E-state index contributed by atoms with van der Waals surface area (Å²) in [5.74, 6) is 1.40. The summed E-state index contributed by atoms with van der Waals surface area (Å²) in [6.45, 7) is 8.63. The Bertz CT molecular complexity index is 1080. The van der Waals surface area contributed by atoms with E-state index in [2.05, 4.69) is 84.7 Å². The zero-order valence-corrected chi connectivity index (χ0v) is 20.0. The van der Waals surface area contributed by atoms with Gasteiger partial charge in [0.05, 0.1) is 11.2 Å². The number of ether oxygens (including phenoxy) is 1. The van der Waals surface area contributed by atoms with Crippen molar-refractivity contribution in [2.45, 2.75) is 32.4 Å². The molecular weight excluding hydrogens is 426 g/mol. The number of anilines is 2. The number of carbonyl (C=O) groups excluding carboxylic acids is 1. The van der Waals surface area contributed by atoms with Gasteiger partial charge in [0.1, 0.15) is 18.4 Å². The van der Waals surface area contributed by atoms with Crippen molar-refractivity contribution in [3.8, 4) is 16.9 Å². The van der Waals surface area contributed by atoms with E-state index >= 15 is 0 Å². The van der Waals surface area contributed by atoms with Crippen molar-refractivity contribution in [3.63, 3.8) is 0 Å². The molecule has 5 rings (SSSR count). The second-order valence-electron chi connectivity index (χ2n) is 9.27. The lowest BCUT2D eigenvalue weighted by Crippen LogP contribution is -2.66. The lowest BCUT2D eigenvalue weighted by atomic mass is 9.89. The highest BCUT2D eigenvalue weighted by atomic mass is 35.5. The molecule has 0 aliphatic carbocycles. The van der Waals surface area contributed by atoms with Crippen LogP contribution < -0.4 is 20.0 Å². The van der Waals surface area contributed by atoms with Crippen molar-refractivity contribution < 1.29 is 9.53 Å². The SMILES string of the molecule is Cc1ccc(-c2cc3c(cc2N(C)C2(C)CN(C)C2)N2C(=NNC(=O)C2C)CO3)cc1.Cl. The van der Waals surface area contributed by atoms with Gasteiger partial charge in [0, 0.05) is 31.4 Å². The first kappa shape index (κ1) is 22.4. The van der Waals surface area contributed by atoms with Crippen molar-refractivity contribution in [1.29, 1.82) is 0 Å². The summed E-state index contributed by atoms with van der Waals surface area (Å²) in [6.07, 6.45) is 0. The number of hydrogen-bond acceptors (Lipinski definition) is 6. The van der Waals surface area contributed by atoms with Crippen LogP contribution in [-0.2, 0) is 4.79 Å². The summed E-state index contributed by atoms with van der Waals surface area (Å²) in [6, 6.07) is 12.5. The number of nitrogens with zero attached hydrogens (tertiary/aromatic N) is 4. The predicted octanol–water partition coefficient (Wildman–Crippen LogP) is 3.25. The van der Waals surface area contributed by atoms with E-state index in [1.54, 1.807) is 0 Å². The van der Waals surface area contributed by atoms with Gasteiger partial charge < -0.3 is 19.4 Å². The second-order valence-corrected chi connectivity index (χ2v) is 9.27. The minimum absolute atomic E-state index is 0. The van der Waals surface area contributed by atoms with Gasteiger partial charge in [-0.3, -0.25) is 4.79 Å². The largest absolute Gasteiger partial charge is 0.483 e. The quantitative estimate of drug-likeness (QED) is 0.769. The van der Waals surface area contributed by atoms with Gasteiger partial charge >= 0.3 is 0 Å². The summed E-state index contributed by atoms with van der Waals surface area (Å²) in [7, 11) is 4.31. The van der Waals surface area contributed by atoms with Crippen molar-refractivity contribution in [3.05, 3.63) is 42.0 Å². The first-order chi connectivity index (χ1) is 14.8. The van der Waals surface area contributed by atoms with E-state index in [0.717, 1.165) is 47.2 Å². The maximum Gasteiger partial charge on any atom is 0.262 e. The fraction of sp³-hybridized carbons (Fsp3) is 0.417. The summed E-state index contributed by atoms with van der Waals surface area (Å²) >= 11 is 0. The van der Waals surface area contributed by atoms with Crippen molar-refractivity contribution in [1.82, 2.24) is 10.3 Å². The maximum absolute atomic E-state index is 12.3. The number of hydrogen-bond donors (Lipinski definition) is 1. The van der Waals surface area contributed by atoms with E-state index in [-0.39, 0.29) is 29.9 Å². The van der Waals surface area contributed by atoms with Crippen LogP contribution in [-0.4, -0.2) is 62.0 Å². The fourth-order valence-corrected chi connectivity index (χ4v) is 4.92. The molecule has 32 heavy (non-hydrogen) atoms. The van der Waals surface area contributed by atoms with Crippen LogP contribution in [0.3, 0.4) is 0 Å². The highest BCUT2D eigenvalue weighted by molar-refractivity contribution is 6.10. The zero-order valence-electron chi connectivity index (χ0n) is 19.2. The molecule has 2 aromatic carbocycles. The summed E-state index contributed by atoms with van der Waals surface area (Å²) < 4.78 is 6.09. The van der Waals surface area contributed by atoms with Crippen LogP contribution in [0.4, 0.5) is 11.4 Å². The Morgan fingerprint density at radius 3 is 2.56 bits per heavy atom. The zero-order chi connectivity index (χ0) is 21.9. The van der Waals surface area contributed by atoms with Gasteiger partial charge in [0.2, 0.25) is 0 Å². The number of fused-ring (bicyclic) bond motifs is 3. The molecule has 0 saturated carbocycles. The number of likely N-dealkylation sites (tertiary alicyclic amines) is 1. The van der Waals surface area contributed by atoms with Gasteiger partial charge in [0.25, 0.3) is 5.91 Å². The molecule has 1 saturated heterocycles. The Kier molecular flexibility index (Phi) is 5.59. The fourth-order valence-electron chi connectivity index (χ4n) is 4.92. The molecule has 0 bridgehead atoms. The Morgan fingerprint density at radius 2 is 1.91 bits per heavy atom. The summed E-state index contributed by atoms with van der Waals surface area (Å²) in [4.78, 5) is 19.0. The molecule has 1 amide bonds. The second kappa shape index (κ2) is 7.98. The monoisotopic (exact) mass is 455 g/mol. The minimum atomic E-state index is -0.344. The molecular formula is C24H30ClN5O2. The molecule has 3 aliphatic heterocycles. The number of amidine groups is 1. The number of rotatable bonds is 3. The lowest BCUT2D eigenvalue weighted by molar-refractivity contribution is -0.122. The maximum atomic E-state index is 12.3. The highest BCUT2D eigenvalue weighted by Gasteiger charge is 2.42. The normalized spacial score (nSPS) is 21.2. The number of halogens is 1. The van der Waals surface area contributed by atoms with Gasteiger partial charge in [-0.1, -0.05) is 29.8 Å². The Labute approximate surface area is 195 Å². The number of nitrogens with one attached hydrogen (secondary N) is 1. The van der Waals surface area contributed by atoms with Crippen LogP contribution in [0, 0.1) is 6.92 Å². The van der Waals surface area contributed by atoms with E-state index in [0.29, 0.717) is 6.61 Å². The molecule has 8 heteroatoms. The molecule has 1 N–H and O–H groups in total. The molecule has 170 valence electrons. The van der Waals surface area contributed by atoms with Gasteiger partial charge in [-0.15, -0.1) is 12.4 Å². The van der Waals surface area contributed by atoms with E-state index in [1.807, 2.05) is 11.8 Å². The standard InChI is InChI=1S/C24H29N5O2.ClH/c1-15-6-8-17(9-7-15)18-10-21-20(11-19(18)28(5)24(3)13-27(4)14-24)29-16(2)23(30)26-25-22(29)12-31-21;/h6-11,16H,12-14H2,1-5H3,(H,26,30);1H. The average molecular weight is 456 g/mol. The number of hydrazone groups is 1. The van der Waals surface area contributed by atoms with Gasteiger partial charge in [-0.05, 0) is 45.5 Å². The molecule has 3 aliphatic rings. The van der Waals surface area contributed by atoms with Crippen molar-refractivity contribution in [2.75, 3.05) is 43.6 Å². The lowest BCUT2D eigenvalue weighted by Gasteiger charge is -2.53. The van der Waals surface area contributed by atoms with Crippen LogP contribution in [0.15, 0.2) is 41.5 Å². The van der Waals surface area contributed by atoms with Crippen LogP contribution in [0.2, 0.25) is 0 Å². The van der Waals surface area contributed by atoms with Crippen LogP contribution in [0.25, 0.3) is 11.1 Å².